The van der Waals surface area contributed by atoms with Crippen molar-refractivity contribution in [2.24, 2.45) is 17.3 Å². The molecule has 0 radical (unpaired) electrons. The number of carbonyl (C=O) groups excluding carboxylic acids is 2. The standard InChI is InChI=1S/C33H42FN7O2/c1-20-14-25(16-26(34)15-20)29-31(43)41(33(36-29)17-21(2)13-22(3)18-33)27(9-10-32(4)11-12-32)23-5-7-24(8-6-23)30(42)35-19-28-37-39-40-38-28/h5-8,14-16,21-22,27,29,36H,9-13,17-19H2,1-4H3,(H,35,42)(H,37,38,39,40). The van der Waals surface area contributed by atoms with E-state index in [1.165, 1.54) is 25.0 Å². The molecule has 1 aliphatic heterocycles. The summed E-state index contributed by atoms with van der Waals surface area (Å²) >= 11 is 0. The number of hydrogen-bond donors (Lipinski definition) is 3. The van der Waals surface area contributed by atoms with E-state index in [0.29, 0.717) is 34.2 Å². The van der Waals surface area contributed by atoms with Gasteiger partial charge in [0.15, 0.2) is 5.82 Å². The number of aromatic nitrogens is 4. The highest BCUT2D eigenvalue weighted by molar-refractivity contribution is 5.94. The maximum atomic E-state index is 14.6. The van der Waals surface area contributed by atoms with Crippen LogP contribution >= 0.6 is 0 Å². The summed E-state index contributed by atoms with van der Waals surface area (Å²) in [7, 11) is 0. The second-order valence-corrected chi connectivity index (χ2v) is 13.7. The summed E-state index contributed by atoms with van der Waals surface area (Å²) in [5, 5.41) is 20.3. The molecule has 2 amide bonds. The maximum Gasteiger partial charge on any atom is 0.251 e. The van der Waals surface area contributed by atoms with Gasteiger partial charge >= 0.3 is 0 Å². The first-order valence-corrected chi connectivity index (χ1v) is 15.5. The molecule has 2 heterocycles. The van der Waals surface area contributed by atoms with Gasteiger partial charge in [0.25, 0.3) is 5.91 Å². The van der Waals surface area contributed by atoms with Gasteiger partial charge in [0.1, 0.15) is 11.9 Å². The molecule has 2 aromatic carbocycles. The highest BCUT2D eigenvalue weighted by atomic mass is 19.1. The highest BCUT2D eigenvalue weighted by Crippen LogP contribution is 2.53. The number of tetrazole rings is 1. The van der Waals surface area contributed by atoms with Crippen molar-refractivity contribution in [2.75, 3.05) is 0 Å². The number of H-pyrrole nitrogens is 1. The third-order valence-electron chi connectivity index (χ3n) is 9.72. The number of halogens is 1. The lowest BCUT2D eigenvalue weighted by Crippen LogP contribution is -2.57. The third-order valence-corrected chi connectivity index (χ3v) is 9.72. The van der Waals surface area contributed by atoms with Crippen LogP contribution in [0.25, 0.3) is 0 Å². The number of nitrogens with zero attached hydrogens (tertiary/aromatic N) is 4. The van der Waals surface area contributed by atoms with Crippen molar-refractivity contribution in [3.8, 4) is 0 Å². The maximum absolute atomic E-state index is 14.6. The Morgan fingerprint density at radius 3 is 2.49 bits per heavy atom. The largest absolute Gasteiger partial charge is 0.345 e. The second-order valence-electron chi connectivity index (χ2n) is 13.7. The lowest BCUT2D eigenvalue weighted by atomic mass is 9.75. The Kier molecular flexibility index (Phi) is 7.83. The molecule has 3 N–H and O–H groups in total. The number of hydrogen-bond acceptors (Lipinski definition) is 6. The van der Waals surface area contributed by atoms with Crippen molar-refractivity contribution in [3.63, 3.8) is 0 Å². The predicted molar refractivity (Wildman–Crippen MR) is 160 cm³/mol. The number of nitrogens with one attached hydrogen (secondary N) is 3. The molecule has 1 aromatic heterocycles. The van der Waals surface area contributed by atoms with E-state index >= 15 is 0 Å². The van der Waals surface area contributed by atoms with E-state index in [-0.39, 0.29) is 30.2 Å². The van der Waals surface area contributed by atoms with E-state index in [4.69, 9.17) is 0 Å². The van der Waals surface area contributed by atoms with Crippen molar-refractivity contribution in [2.45, 2.75) is 96.9 Å². The highest BCUT2D eigenvalue weighted by Gasteiger charge is 2.56. The van der Waals surface area contributed by atoms with Crippen LogP contribution in [-0.2, 0) is 11.3 Å². The summed E-state index contributed by atoms with van der Waals surface area (Å²) in [6, 6.07) is 11.8. The lowest BCUT2D eigenvalue weighted by Gasteiger charge is -2.49. The minimum atomic E-state index is -0.610. The van der Waals surface area contributed by atoms with Crippen molar-refractivity contribution in [1.29, 1.82) is 0 Å². The van der Waals surface area contributed by atoms with Gasteiger partial charge in [-0.2, -0.15) is 5.21 Å². The van der Waals surface area contributed by atoms with Gasteiger partial charge in [0.05, 0.1) is 18.2 Å². The molecule has 1 spiro atoms. The molecule has 3 aromatic rings. The molecule has 43 heavy (non-hydrogen) atoms. The Morgan fingerprint density at radius 1 is 1.14 bits per heavy atom. The fourth-order valence-electron chi connectivity index (χ4n) is 7.53. The van der Waals surface area contributed by atoms with Crippen molar-refractivity contribution < 1.29 is 14.0 Å². The molecule has 2 saturated carbocycles. The van der Waals surface area contributed by atoms with Crippen molar-refractivity contribution >= 4 is 11.8 Å². The van der Waals surface area contributed by atoms with Gasteiger partial charge in [-0.25, -0.2) is 4.39 Å². The zero-order valence-electron chi connectivity index (χ0n) is 25.5. The monoisotopic (exact) mass is 587 g/mol. The fraction of sp³-hybridized carbons (Fsp3) is 0.545. The number of carbonyl (C=O) groups is 2. The van der Waals surface area contributed by atoms with Crippen LogP contribution in [0.1, 0.15) is 111 Å². The van der Waals surface area contributed by atoms with Crippen LogP contribution < -0.4 is 10.6 Å². The Hall–Kier alpha value is -3.66. The molecule has 0 bridgehead atoms. The molecule has 3 fully saturated rings. The Morgan fingerprint density at radius 2 is 1.86 bits per heavy atom. The van der Waals surface area contributed by atoms with E-state index < -0.39 is 11.7 Å². The van der Waals surface area contributed by atoms with E-state index in [9.17, 15) is 14.0 Å². The SMILES string of the molecule is Cc1cc(F)cc(C2NC3(CC(C)CC(C)C3)N(C(CCC3(C)CC3)c3ccc(C(=O)NCc4nn[nH]n4)cc3)C2=O)c1. The molecule has 2 aliphatic carbocycles. The van der Waals surface area contributed by atoms with Crippen molar-refractivity contribution in [1.82, 2.24) is 36.2 Å². The molecular formula is C33H42FN7O2. The molecule has 4 atom stereocenters. The molecular weight excluding hydrogens is 545 g/mol. The summed E-state index contributed by atoms with van der Waals surface area (Å²) < 4.78 is 14.6. The first kappa shape index (κ1) is 29.4. The van der Waals surface area contributed by atoms with Crippen LogP contribution in [0.3, 0.4) is 0 Å². The van der Waals surface area contributed by atoms with Gasteiger partial charge in [0, 0.05) is 5.56 Å². The van der Waals surface area contributed by atoms with E-state index in [1.807, 2.05) is 37.3 Å². The van der Waals surface area contributed by atoms with Gasteiger partial charge in [-0.15, -0.1) is 10.2 Å². The molecule has 6 rings (SSSR count). The Balaban J connectivity index is 1.34. The number of rotatable bonds is 9. The predicted octanol–water partition coefficient (Wildman–Crippen LogP) is 5.52. The smallest absolute Gasteiger partial charge is 0.251 e. The molecule has 4 unspecified atom stereocenters. The van der Waals surface area contributed by atoms with Gasteiger partial charge in [-0.1, -0.05) is 44.2 Å². The fourth-order valence-corrected chi connectivity index (χ4v) is 7.53. The van der Waals surface area contributed by atoms with Crippen LogP contribution in [0.15, 0.2) is 42.5 Å². The first-order chi connectivity index (χ1) is 20.5. The normalized spacial score (nSPS) is 27.0. The minimum absolute atomic E-state index is 0.000758. The second kappa shape index (κ2) is 11.4. The summed E-state index contributed by atoms with van der Waals surface area (Å²) in [4.78, 5) is 29.6. The Bertz CT molecular complexity index is 1440. The molecule has 9 nitrogen and oxygen atoms in total. The van der Waals surface area contributed by atoms with Crippen molar-refractivity contribution in [3.05, 3.63) is 76.4 Å². The van der Waals surface area contributed by atoms with E-state index in [1.54, 1.807) is 0 Å². The minimum Gasteiger partial charge on any atom is -0.345 e. The van der Waals surface area contributed by atoms with Gasteiger partial charge in [0.2, 0.25) is 5.91 Å². The lowest BCUT2D eigenvalue weighted by molar-refractivity contribution is -0.138. The van der Waals surface area contributed by atoms with Gasteiger partial charge in [-0.05, 0) is 110 Å². The number of amides is 2. The average molecular weight is 588 g/mol. The third kappa shape index (κ3) is 6.20. The van der Waals surface area contributed by atoms with E-state index in [0.717, 1.165) is 43.2 Å². The van der Waals surface area contributed by atoms with E-state index in [2.05, 4.69) is 56.9 Å². The summed E-state index contributed by atoms with van der Waals surface area (Å²) in [6.07, 6.45) is 7.06. The summed E-state index contributed by atoms with van der Waals surface area (Å²) in [5.41, 5.74) is 2.78. The molecule has 228 valence electrons. The van der Waals surface area contributed by atoms with Gasteiger partial charge in [-0.3, -0.25) is 14.9 Å². The quantitative estimate of drug-likeness (QED) is 0.304. The van der Waals surface area contributed by atoms with Crippen LogP contribution in [0.2, 0.25) is 0 Å². The molecule has 10 heteroatoms. The topological polar surface area (TPSA) is 116 Å². The molecule has 3 aliphatic rings. The van der Waals surface area contributed by atoms with Crippen LogP contribution in [0, 0.1) is 30.0 Å². The first-order valence-electron chi connectivity index (χ1n) is 15.5. The zero-order valence-corrected chi connectivity index (χ0v) is 25.5. The number of aromatic amines is 1. The zero-order chi connectivity index (χ0) is 30.4. The molecule has 1 saturated heterocycles. The van der Waals surface area contributed by atoms with Crippen LogP contribution in [0.5, 0.6) is 0 Å². The summed E-state index contributed by atoms with van der Waals surface area (Å²) in [6.45, 7) is 8.90. The number of benzene rings is 2. The van der Waals surface area contributed by atoms with Gasteiger partial charge < -0.3 is 10.2 Å². The summed E-state index contributed by atoms with van der Waals surface area (Å²) in [5.74, 6) is 0.721. The van der Waals surface area contributed by atoms with Crippen LogP contribution in [-0.4, -0.2) is 43.0 Å². The van der Waals surface area contributed by atoms with Crippen LogP contribution in [0.4, 0.5) is 4.39 Å². The average Bonchev–Trinajstić information content (AvgIpc) is 3.34. The number of aryl methyl sites for hydroxylation is 1. The Labute approximate surface area is 252 Å².